The van der Waals surface area contributed by atoms with Crippen LogP contribution in [0.2, 0.25) is 0 Å². The van der Waals surface area contributed by atoms with Crippen LogP contribution in [-0.2, 0) is 18.2 Å². The second-order valence-electron chi connectivity index (χ2n) is 4.10. The van der Waals surface area contributed by atoms with Crippen molar-refractivity contribution in [1.29, 1.82) is 0 Å². The highest BCUT2D eigenvalue weighted by Gasteiger charge is 2.27. The summed E-state index contributed by atoms with van der Waals surface area (Å²) in [7, 11) is 3.55. The zero-order valence-electron chi connectivity index (χ0n) is 10.5. The van der Waals surface area contributed by atoms with E-state index in [2.05, 4.69) is 15.2 Å². The Morgan fingerprint density at radius 2 is 2.22 bits per heavy atom. The molecule has 0 aliphatic carbocycles. The van der Waals surface area contributed by atoms with Gasteiger partial charge in [-0.25, -0.2) is 0 Å². The number of ether oxygens (including phenoxy) is 1. The predicted molar refractivity (Wildman–Crippen MR) is 61.3 cm³/mol. The third-order valence-corrected chi connectivity index (χ3v) is 2.66. The van der Waals surface area contributed by atoms with E-state index >= 15 is 0 Å². The first-order valence-electron chi connectivity index (χ1n) is 5.71. The van der Waals surface area contributed by atoms with Gasteiger partial charge in [0, 0.05) is 25.0 Å². The molecule has 0 saturated carbocycles. The van der Waals surface area contributed by atoms with Crippen molar-refractivity contribution in [3.05, 3.63) is 18.0 Å². The van der Waals surface area contributed by atoms with Crippen molar-refractivity contribution in [1.82, 2.24) is 15.1 Å². The van der Waals surface area contributed by atoms with Crippen LogP contribution in [0.3, 0.4) is 0 Å². The van der Waals surface area contributed by atoms with Gasteiger partial charge >= 0.3 is 6.18 Å². The van der Waals surface area contributed by atoms with Gasteiger partial charge in [0.15, 0.2) is 0 Å². The molecule has 0 aliphatic rings. The van der Waals surface area contributed by atoms with E-state index in [1.807, 2.05) is 13.1 Å². The number of halogens is 3. The minimum absolute atomic E-state index is 0.0495. The Morgan fingerprint density at radius 1 is 1.50 bits per heavy atom. The fourth-order valence-corrected chi connectivity index (χ4v) is 1.60. The number of rotatable bonds is 7. The highest BCUT2D eigenvalue weighted by Crippen LogP contribution is 2.14. The van der Waals surface area contributed by atoms with Crippen molar-refractivity contribution in [3.8, 4) is 0 Å². The van der Waals surface area contributed by atoms with Crippen molar-refractivity contribution >= 4 is 0 Å². The Balaban J connectivity index is 2.28. The van der Waals surface area contributed by atoms with E-state index in [0.29, 0.717) is 6.42 Å². The molecule has 1 N–H and O–H groups in total. The number of alkyl halides is 3. The third kappa shape index (κ3) is 5.50. The van der Waals surface area contributed by atoms with E-state index in [-0.39, 0.29) is 12.6 Å². The SMILES string of the molecule is CNC(CCc1ccnn1C)COCC(F)(F)F. The molecule has 1 atom stereocenters. The standard InChI is InChI=1S/C11H18F3N3O/c1-15-9(7-18-8-11(12,13)14)3-4-10-5-6-16-17(10)2/h5-6,9,15H,3-4,7-8H2,1-2H3. The van der Waals surface area contributed by atoms with Crippen LogP contribution < -0.4 is 5.32 Å². The van der Waals surface area contributed by atoms with Gasteiger partial charge in [0.25, 0.3) is 0 Å². The molecule has 104 valence electrons. The monoisotopic (exact) mass is 265 g/mol. The largest absolute Gasteiger partial charge is 0.411 e. The summed E-state index contributed by atoms with van der Waals surface area (Å²) in [5.74, 6) is 0. The van der Waals surface area contributed by atoms with E-state index in [9.17, 15) is 13.2 Å². The van der Waals surface area contributed by atoms with Crippen LogP contribution in [-0.4, -0.2) is 42.3 Å². The first-order valence-corrected chi connectivity index (χ1v) is 5.71. The number of hydrogen-bond acceptors (Lipinski definition) is 3. The van der Waals surface area contributed by atoms with Crippen molar-refractivity contribution in [2.45, 2.75) is 25.1 Å². The van der Waals surface area contributed by atoms with Gasteiger partial charge in [-0.1, -0.05) is 0 Å². The summed E-state index contributed by atoms with van der Waals surface area (Å²) >= 11 is 0. The summed E-state index contributed by atoms with van der Waals surface area (Å²) in [4.78, 5) is 0. The van der Waals surface area contributed by atoms with E-state index in [4.69, 9.17) is 0 Å². The highest BCUT2D eigenvalue weighted by molar-refractivity contribution is 5.00. The van der Waals surface area contributed by atoms with E-state index in [1.54, 1.807) is 17.9 Å². The molecule has 1 aromatic heterocycles. The smallest absolute Gasteiger partial charge is 0.370 e. The first-order chi connectivity index (χ1) is 8.42. The predicted octanol–water partition coefficient (Wildman–Crippen LogP) is 1.52. The fourth-order valence-electron chi connectivity index (χ4n) is 1.60. The van der Waals surface area contributed by atoms with Crippen LogP contribution in [0.4, 0.5) is 13.2 Å². The lowest BCUT2D eigenvalue weighted by Crippen LogP contribution is -2.32. The zero-order valence-corrected chi connectivity index (χ0v) is 10.5. The average Bonchev–Trinajstić information content (AvgIpc) is 2.67. The lowest BCUT2D eigenvalue weighted by atomic mass is 10.1. The second-order valence-corrected chi connectivity index (χ2v) is 4.10. The Labute approximate surface area is 104 Å². The molecule has 0 radical (unpaired) electrons. The molecule has 0 bridgehead atoms. The molecule has 0 fully saturated rings. The van der Waals surface area contributed by atoms with Crippen molar-refractivity contribution < 1.29 is 17.9 Å². The second kappa shape index (κ2) is 6.75. The average molecular weight is 265 g/mol. The molecule has 18 heavy (non-hydrogen) atoms. The molecule has 0 spiro atoms. The normalized spacial score (nSPS) is 13.8. The highest BCUT2D eigenvalue weighted by atomic mass is 19.4. The number of aryl methyl sites for hydroxylation is 2. The minimum atomic E-state index is -4.26. The van der Waals surface area contributed by atoms with Gasteiger partial charge in [0.1, 0.15) is 6.61 Å². The fraction of sp³-hybridized carbons (Fsp3) is 0.727. The van der Waals surface area contributed by atoms with Crippen molar-refractivity contribution in [2.24, 2.45) is 7.05 Å². The summed E-state index contributed by atoms with van der Waals surface area (Å²) in [6, 6.07) is 1.80. The van der Waals surface area contributed by atoms with Crippen LogP contribution >= 0.6 is 0 Å². The van der Waals surface area contributed by atoms with Gasteiger partial charge < -0.3 is 10.1 Å². The van der Waals surface area contributed by atoms with Crippen LogP contribution in [0.15, 0.2) is 12.3 Å². The van der Waals surface area contributed by atoms with Crippen LogP contribution in [0.5, 0.6) is 0 Å². The number of aromatic nitrogens is 2. The summed E-state index contributed by atoms with van der Waals surface area (Å²) in [6.45, 7) is -1.15. The maximum Gasteiger partial charge on any atom is 0.411 e. The maximum absolute atomic E-state index is 11.9. The quantitative estimate of drug-likeness (QED) is 0.812. The topological polar surface area (TPSA) is 39.1 Å². The van der Waals surface area contributed by atoms with Gasteiger partial charge in [0.05, 0.1) is 6.61 Å². The first kappa shape index (κ1) is 15.0. The van der Waals surface area contributed by atoms with Crippen molar-refractivity contribution in [2.75, 3.05) is 20.3 Å². The van der Waals surface area contributed by atoms with E-state index in [0.717, 1.165) is 12.1 Å². The number of likely N-dealkylation sites (N-methyl/N-ethyl adjacent to an activating group) is 1. The molecular weight excluding hydrogens is 247 g/mol. The number of nitrogens with zero attached hydrogens (tertiary/aromatic N) is 2. The maximum atomic E-state index is 11.9. The number of hydrogen-bond donors (Lipinski definition) is 1. The molecule has 4 nitrogen and oxygen atoms in total. The van der Waals surface area contributed by atoms with Crippen LogP contribution in [0.25, 0.3) is 0 Å². The summed E-state index contributed by atoms with van der Waals surface area (Å²) in [6.07, 6.45) is -1.12. The molecule has 1 heterocycles. The minimum Gasteiger partial charge on any atom is -0.370 e. The third-order valence-electron chi connectivity index (χ3n) is 2.66. The molecule has 7 heteroatoms. The van der Waals surface area contributed by atoms with Crippen molar-refractivity contribution in [3.63, 3.8) is 0 Å². The van der Waals surface area contributed by atoms with Gasteiger partial charge in [-0.3, -0.25) is 4.68 Å². The molecule has 1 unspecified atom stereocenters. The Bertz CT molecular complexity index is 352. The summed E-state index contributed by atoms with van der Waals surface area (Å²) in [5, 5.41) is 6.98. The summed E-state index contributed by atoms with van der Waals surface area (Å²) in [5.41, 5.74) is 1.05. The van der Waals surface area contributed by atoms with Gasteiger partial charge in [-0.05, 0) is 26.0 Å². The Hall–Kier alpha value is -1.08. The van der Waals surface area contributed by atoms with Crippen LogP contribution in [0, 0.1) is 0 Å². The van der Waals surface area contributed by atoms with E-state index < -0.39 is 12.8 Å². The van der Waals surface area contributed by atoms with Gasteiger partial charge in [-0.2, -0.15) is 18.3 Å². The molecule has 0 aromatic carbocycles. The summed E-state index contributed by atoms with van der Waals surface area (Å²) < 4.78 is 42.1. The van der Waals surface area contributed by atoms with Gasteiger partial charge in [-0.15, -0.1) is 0 Å². The van der Waals surface area contributed by atoms with E-state index in [1.165, 1.54) is 0 Å². The molecule has 0 aliphatic heterocycles. The number of nitrogens with one attached hydrogen (secondary N) is 1. The van der Waals surface area contributed by atoms with Gasteiger partial charge in [0.2, 0.25) is 0 Å². The Morgan fingerprint density at radius 3 is 2.72 bits per heavy atom. The lowest BCUT2D eigenvalue weighted by molar-refractivity contribution is -0.175. The molecule has 0 saturated heterocycles. The molecule has 1 rings (SSSR count). The lowest BCUT2D eigenvalue weighted by Gasteiger charge is -2.17. The molecule has 1 aromatic rings. The molecule has 0 amide bonds. The molecular formula is C11H18F3N3O. The van der Waals surface area contributed by atoms with Crippen LogP contribution in [0.1, 0.15) is 12.1 Å². The Kier molecular flexibility index (Phi) is 5.61. The zero-order chi connectivity index (χ0) is 13.6.